The quantitative estimate of drug-likeness (QED) is 0.779. The summed E-state index contributed by atoms with van der Waals surface area (Å²) in [6.07, 6.45) is 5.67. The average Bonchev–Trinajstić information content (AvgIpc) is 3.12. The Morgan fingerprint density at radius 1 is 1.26 bits per heavy atom. The first kappa shape index (κ1) is 14.4. The highest BCUT2D eigenvalue weighted by atomic mass is 16.3. The van der Waals surface area contributed by atoms with Crippen LogP contribution in [0.1, 0.15) is 28.8 Å². The highest BCUT2D eigenvalue weighted by Crippen LogP contribution is 2.36. The van der Waals surface area contributed by atoms with Gasteiger partial charge in [0.2, 0.25) is 0 Å². The van der Waals surface area contributed by atoms with Crippen LogP contribution in [0.5, 0.6) is 0 Å². The van der Waals surface area contributed by atoms with Crippen molar-refractivity contribution in [2.45, 2.75) is 31.9 Å². The zero-order valence-corrected chi connectivity index (χ0v) is 13.3. The van der Waals surface area contributed by atoms with E-state index in [0.29, 0.717) is 13.1 Å². The van der Waals surface area contributed by atoms with Crippen molar-refractivity contribution in [1.29, 1.82) is 0 Å². The molecule has 1 aromatic carbocycles. The highest BCUT2D eigenvalue weighted by Gasteiger charge is 2.35. The first-order chi connectivity index (χ1) is 11.2. The third kappa shape index (κ3) is 2.44. The minimum absolute atomic E-state index is 0.559. The van der Waals surface area contributed by atoms with Gasteiger partial charge in [0.1, 0.15) is 11.2 Å². The van der Waals surface area contributed by atoms with Gasteiger partial charge in [-0.2, -0.15) is 0 Å². The molecule has 3 aromatic rings. The Balaban J connectivity index is 1.49. The minimum Gasteiger partial charge on any atom is -0.384 e. The van der Waals surface area contributed by atoms with Crippen molar-refractivity contribution in [3.63, 3.8) is 0 Å². The molecular formula is C19H21N3O. The SMILES string of the molecule is Cc1cccn2c(CNCC3(O)CCc4ccccc43)cnc12. The molecule has 0 amide bonds. The molecule has 1 aliphatic rings. The van der Waals surface area contributed by atoms with Gasteiger partial charge in [-0.25, -0.2) is 4.98 Å². The number of aliphatic hydroxyl groups is 1. The molecular weight excluding hydrogens is 286 g/mol. The standard InChI is InChI=1S/C19H21N3O/c1-14-5-4-10-22-16(12-21-18(14)22)11-20-13-19(23)9-8-15-6-2-3-7-17(15)19/h2-7,10,12,20,23H,8-9,11,13H2,1H3. The lowest BCUT2D eigenvalue weighted by atomic mass is 9.96. The number of pyridine rings is 1. The molecule has 0 saturated heterocycles. The number of hydrogen-bond acceptors (Lipinski definition) is 3. The van der Waals surface area contributed by atoms with Crippen LogP contribution in [0.15, 0.2) is 48.8 Å². The van der Waals surface area contributed by atoms with Gasteiger partial charge in [0.15, 0.2) is 0 Å². The fourth-order valence-corrected chi connectivity index (χ4v) is 3.58. The molecule has 0 aliphatic heterocycles. The van der Waals surface area contributed by atoms with Crippen molar-refractivity contribution in [3.8, 4) is 0 Å². The number of aryl methyl sites for hydroxylation is 2. The van der Waals surface area contributed by atoms with Crippen molar-refractivity contribution in [2.24, 2.45) is 0 Å². The molecule has 2 N–H and O–H groups in total. The molecule has 2 aromatic heterocycles. The van der Waals surface area contributed by atoms with Gasteiger partial charge in [0, 0.05) is 19.3 Å². The minimum atomic E-state index is -0.757. The summed E-state index contributed by atoms with van der Waals surface area (Å²) in [6, 6.07) is 12.3. The average molecular weight is 307 g/mol. The smallest absolute Gasteiger partial charge is 0.139 e. The third-order valence-electron chi connectivity index (χ3n) is 4.86. The largest absolute Gasteiger partial charge is 0.384 e. The van der Waals surface area contributed by atoms with Crippen LogP contribution < -0.4 is 5.32 Å². The molecule has 1 aliphatic carbocycles. The van der Waals surface area contributed by atoms with Crippen molar-refractivity contribution in [1.82, 2.24) is 14.7 Å². The number of hydrogen-bond donors (Lipinski definition) is 2. The molecule has 4 heteroatoms. The van der Waals surface area contributed by atoms with E-state index in [1.807, 2.05) is 36.7 Å². The topological polar surface area (TPSA) is 49.6 Å². The number of aromatic nitrogens is 2. The fraction of sp³-hybridized carbons (Fsp3) is 0.316. The van der Waals surface area contributed by atoms with Gasteiger partial charge in [-0.05, 0) is 42.5 Å². The Labute approximate surface area is 135 Å². The number of benzene rings is 1. The van der Waals surface area contributed by atoms with Crippen molar-refractivity contribution < 1.29 is 5.11 Å². The normalized spacial score (nSPS) is 20.1. The van der Waals surface area contributed by atoms with Crippen LogP contribution >= 0.6 is 0 Å². The van der Waals surface area contributed by atoms with Gasteiger partial charge in [0.25, 0.3) is 0 Å². The zero-order valence-electron chi connectivity index (χ0n) is 13.3. The Morgan fingerprint density at radius 2 is 2.13 bits per heavy atom. The van der Waals surface area contributed by atoms with Crippen molar-refractivity contribution in [2.75, 3.05) is 6.54 Å². The van der Waals surface area contributed by atoms with Crippen LogP contribution in [0, 0.1) is 6.92 Å². The Kier molecular flexibility index (Phi) is 3.43. The van der Waals surface area contributed by atoms with Crippen molar-refractivity contribution in [3.05, 3.63) is 71.2 Å². The second kappa shape index (κ2) is 5.48. The molecule has 1 unspecified atom stereocenters. The van der Waals surface area contributed by atoms with Crippen LogP contribution in [0.4, 0.5) is 0 Å². The summed E-state index contributed by atoms with van der Waals surface area (Å²) >= 11 is 0. The lowest BCUT2D eigenvalue weighted by Crippen LogP contribution is -2.36. The number of nitrogens with one attached hydrogen (secondary N) is 1. The number of rotatable bonds is 4. The number of nitrogens with zero attached hydrogens (tertiary/aromatic N) is 2. The van der Waals surface area contributed by atoms with Crippen LogP contribution in [0.2, 0.25) is 0 Å². The summed E-state index contributed by atoms with van der Waals surface area (Å²) in [4.78, 5) is 4.48. The summed E-state index contributed by atoms with van der Waals surface area (Å²) < 4.78 is 2.11. The summed E-state index contributed by atoms with van der Waals surface area (Å²) in [5, 5.41) is 14.4. The molecule has 1 atom stereocenters. The zero-order chi connectivity index (χ0) is 15.9. The predicted octanol–water partition coefficient (Wildman–Crippen LogP) is 2.57. The van der Waals surface area contributed by atoms with E-state index >= 15 is 0 Å². The number of imidazole rings is 1. The highest BCUT2D eigenvalue weighted by molar-refractivity contribution is 5.48. The first-order valence-corrected chi connectivity index (χ1v) is 8.10. The lowest BCUT2D eigenvalue weighted by Gasteiger charge is -2.24. The van der Waals surface area contributed by atoms with E-state index in [0.717, 1.165) is 29.7 Å². The Bertz CT molecular complexity index is 855. The van der Waals surface area contributed by atoms with Gasteiger partial charge in [-0.3, -0.25) is 0 Å². The van der Waals surface area contributed by atoms with E-state index in [2.05, 4.69) is 33.8 Å². The van der Waals surface area contributed by atoms with Gasteiger partial charge < -0.3 is 14.8 Å². The van der Waals surface area contributed by atoms with E-state index in [1.165, 1.54) is 11.1 Å². The second-order valence-corrected chi connectivity index (χ2v) is 6.43. The lowest BCUT2D eigenvalue weighted by molar-refractivity contribution is 0.0383. The molecule has 4 rings (SSSR count). The van der Waals surface area contributed by atoms with Crippen LogP contribution in [0.25, 0.3) is 5.65 Å². The molecule has 0 spiro atoms. The molecule has 23 heavy (non-hydrogen) atoms. The summed E-state index contributed by atoms with van der Waals surface area (Å²) in [5.41, 5.74) is 4.85. The molecule has 2 heterocycles. The Morgan fingerprint density at radius 3 is 3.04 bits per heavy atom. The predicted molar refractivity (Wildman–Crippen MR) is 90.3 cm³/mol. The van der Waals surface area contributed by atoms with Gasteiger partial charge >= 0.3 is 0 Å². The monoisotopic (exact) mass is 307 g/mol. The van der Waals surface area contributed by atoms with E-state index in [9.17, 15) is 5.11 Å². The molecule has 4 nitrogen and oxygen atoms in total. The fourth-order valence-electron chi connectivity index (χ4n) is 3.58. The van der Waals surface area contributed by atoms with E-state index in [4.69, 9.17) is 0 Å². The molecule has 0 saturated carbocycles. The van der Waals surface area contributed by atoms with Crippen LogP contribution in [-0.2, 0) is 18.6 Å². The maximum Gasteiger partial charge on any atom is 0.139 e. The third-order valence-corrected chi connectivity index (χ3v) is 4.86. The van der Waals surface area contributed by atoms with Crippen LogP contribution in [-0.4, -0.2) is 21.0 Å². The van der Waals surface area contributed by atoms with E-state index in [1.54, 1.807) is 0 Å². The van der Waals surface area contributed by atoms with Gasteiger partial charge in [-0.15, -0.1) is 0 Å². The molecule has 0 fully saturated rings. The van der Waals surface area contributed by atoms with Gasteiger partial charge in [0.05, 0.1) is 11.9 Å². The second-order valence-electron chi connectivity index (χ2n) is 6.43. The Hall–Kier alpha value is -2.17. The van der Waals surface area contributed by atoms with E-state index < -0.39 is 5.60 Å². The first-order valence-electron chi connectivity index (χ1n) is 8.10. The van der Waals surface area contributed by atoms with Gasteiger partial charge in [-0.1, -0.05) is 30.3 Å². The summed E-state index contributed by atoms with van der Waals surface area (Å²) in [6.45, 7) is 3.32. The number of fused-ring (bicyclic) bond motifs is 2. The molecule has 0 bridgehead atoms. The molecule has 0 radical (unpaired) electrons. The molecule has 118 valence electrons. The van der Waals surface area contributed by atoms with E-state index in [-0.39, 0.29) is 0 Å². The maximum absolute atomic E-state index is 10.9. The van der Waals surface area contributed by atoms with Crippen molar-refractivity contribution >= 4 is 5.65 Å². The summed E-state index contributed by atoms with van der Waals surface area (Å²) in [5.74, 6) is 0. The summed E-state index contributed by atoms with van der Waals surface area (Å²) in [7, 11) is 0. The van der Waals surface area contributed by atoms with Crippen LogP contribution in [0.3, 0.4) is 0 Å². The maximum atomic E-state index is 10.9.